The Balaban J connectivity index is 1.71. The fourth-order valence-electron chi connectivity index (χ4n) is 3.33. The van der Waals surface area contributed by atoms with Crippen LogP contribution in [-0.2, 0) is 13.5 Å². The van der Waals surface area contributed by atoms with Gasteiger partial charge in [0.2, 0.25) is 0 Å². The molecule has 138 valence electrons. The molecule has 0 aliphatic rings. The average molecular weight is 368 g/mol. The molecule has 4 rings (SSSR count). The second-order valence-electron chi connectivity index (χ2n) is 6.69. The Morgan fingerprint density at radius 2 is 1.86 bits per heavy atom. The van der Waals surface area contributed by atoms with Gasteiger partial charge in [0.25, 0.3) is 0 Å². The molecule has 0 saturated carbocycles. The van der Waals surface area contributed by atoms with Crippen LogP contribution < -0.4 is 4.90 Å². The van der Waals surface area contributed by atoms with Gasteiger partial charge in [0, 0.05) is 37.6 Å². The maximum atomic E-state index is 8.93. The van der Waals surface area contributed by atoms with Crippen LogP contribution in [0.3, 0.4) is 0 Å². The Labute approximate surface area is 163 Å². The molecule has 0 radical (unpaired) electrons. The second kappa shape index (κ2) is 7.12. The van der Waals surface area contributed by atoms with E-state index in [-0.39, 0.29) is 0 Å². The first-order valence-corrected chi connectivity index (χ1v) is 9.11. The third-order valence-corrected chi connectivity index (χ3v) is 4.97. The zero-order valence-corrected chi connectivity index (χ0v) is 16.1. The molecule has 0 unspecified atom stereocenters. The van der Waals surface area contributed by atoms with Crippen molar-refractivity contribution in [1.82, 2.24) is 19.5 Å². The van der Waals surface area contributed by atoms with Gasteiger partial charge in [-0.2, -0.15) is 5.26 Å². The number of benzene rings is 1. The Morgan fingerprint density at radius 3 is 2.57 bits per heavy atom. The lowest BCUT2D eigenvalue weighted by Gasteiger charge is -2.22. The topological polar surface area (TPSA) is 70.6 Å². The summed E-state index contributed by atoms with van der Waals surface area (Å²) < 4.78 is 2.00. The van der Waals surface area contributed by atoms with Gasteiger partial charge < -0.3 is 9.47 Å². The standard InChI is InChI=1S/C22H20N6/c1-4-15-9-16(17-5-7-18(11-23)24-12-17)6-8-20(15)28(3)22-10-21-19(13-25-22)26-14-27(21)2/h5-10,12-14H,4H2,1-3H3. The number of nitrogens with zero attached hydrogens (tertiary/aromatic N) is 6. The fraction of sp³-hybridized carbons (Fsp3) is 0.182. The summed E-state index contributed by atoms with van der Waals surface area (Å²) in [5.74, 6) is 0.874. The summed E-state index contributed by atoms with van der Waals surface area (Å²) in [6, 6.07) is 14.2. The van der Waals surface area contributed by atoms with E-state index in [4.69, 9.17) is 5.26 Å². The van der Waals surface area contributed by atoms with Gasteiger partial charge in [-0.05, 0) is 41.8 Å². The molecule has 0 spiro atoms. The van der Waals surface area contributed by atoms with Gasteiger partial charge >= 0.3 is 0 Å². The number of rotatable bonds is 4. The zero-order chi connectivity index (χ0) is 19.7. The molecule has 0 amide bonds. The highest BCUT2D eigenvalue weighted by Gasteiger charge is 2.13. The van der Waals surface area contributed by atoms with E-state index < -0.39 is 0 Å². The minimum Gasteiger partial charge on any atom is -0.334 e. The van der Waals surface area contributed by atoms with Crippen LogP contribution in [0, 0.1) is 11.3 Å². The van der Waals surface area contributed by atoms with Crippen molar-refractivity contribution < 1.29 is 0 Å². The van der Waals surface area contributed by atoms with E-state index in [1.807, 2.05) is 30.9 Å². The van der Waals surface area contributed by atoms with Crippen LogP contribution in [0.15, 0.2) is 55.1 Å². The second-order valence-corrected chi connectivity index (χ2v) is 6.69. The molecule has 0 bridgehead atoms. The predicted octanol–water partition coefficient (Wildman–Crippen LogP) is 4.23. The van der Waals surface area contributed by atoms with Crippen molar-refractivity contribution in [1.29, 1.82) is 5.26 Å². The van der Waals surface area contributed by atoms with Gasteiger partial charge in [0.05, 0.1) is 18.0 Å². The molecule has 28 heavy (non-hydrogen) atoms. The SMILES string of the molecule is CCc1cc(-c2ccc(C#N)nc2)ccc1N(C)c1cc2c(cn1)ncn2C. The summed E-state index contributed by atoms with van der Waals surface area (Å²) in [6.45, 7) is 2.14. The number of hydrogen-bond donors (Lipinski definition) is 0. The van der Waals surface area contributed by atoms with Gasteiger partial charge in [0.15, 0.2) is 0 Å². The highest BCUT2D eigenvalue weighted by molar-refractivity contribution is 5.79. The fourth-order valence-corrected chi connectivity index (χ4v) is 3.33. The van der Waals surface area contributed by atoms with Gasteiger partial charge in [-0.25, -0.2) is 15.0 Å². The molecule has 0 fully saturated rings. The number of aromatic nitrogens is 4. The number of hydrogen-bond acceptors (Lipinski definition) is 5. The highest BCUT2D eigenvalue weighted by atomic mass is 15.2. The Bertz CT molecular complexity index is 1180. The predicted molar refractivity (Wildman–Crippen MR) is 110 cm³/mol. The van der Waals surface area contributed by atoms with Crippen LogP contribution in [0.5, 0.6) is 0 Å². The number of nitriles is 1. The molecule has 0 aliphatic heterocycles. The van der Waals surface area contributed by atoms with E-state index in [0.29, 0.717) is 5.69 Å². The lowest BCUT2D eigenvalue weighted by molar-refractivity contribution is 0.946. The summed E-state index contributed by atoms with van der Waals surface area (Å²) in [4.78, 5) is 15.2. The van der Waals surface area contributed by atoms with Crippen molar-refractivity contribution >= 4 is 22.5 Å². The lowest BCUT2D eigenvalue weighted by Crippen LogP contribution is -2.13. The number of aryl methyl sites for hydroxylation is 2. The van der Waals surface area contributed by atoms with E-state index in [1.54, 1.807) is 18.6 Å². The van der Waals surface area contributed by atoms with Crippen LogP contribution in [0.1, 0.15) is 18.2 Å². The van der Waals surface area contributed by atoms with Gasteiger partial charge in [-0.3, -0.25) is 0 Å². The summed E-state index contributed by atoms with van der Waals surface area (Å²) in [5.41, 5.74) is 6.78. The third-order valence-electron chi connectivity index (χ3n) is 4.97. The van der Waals surface area contributed by atoms with Crippen molar-refractivity contribution in [2.45, 2.75) is 13.3 Å². The number of anilines is 2. The maximum Gasteiger partial charge on any atom is 0.140 e. The van der Waals surface area contributed by atoms with Crippen LogP contribution in [0.25, 0.3) is 22.2 Å². The minimum atomic E-state index is 0.424. The number of imidazole rings is 1. The molecule has 3 heterocycles. The van der Waals surface area contributed by atoms with Crippen LogP contribution in [-0.4, -0.2) is 26.6 Å². The molecule has 6 heteroatoms. The summed E-state index contributed by atoms with van der Waals surface area (Å²) >= 11 is 0. The molecular formula is C22H20N6. The summed E-state index contributed by atoms with van der Waals surface area (Å²) in [5, 5.41) is 8.93. The third kappa shape index (κ3) is 3.08. The van der Waals surface area contributed by atoms with Crippen molar-refractivity contribution in [3.63, 3.8) is 0 Å². The van der Waals surface area contributed by atoms with Gasteiger partial charge in [-0.1, -0.05) is 13.0 Å². The van der Waals surface area contributed by atoms with E-state index >= 15 is 0 Å². The number of fused-ring (bicyclic) bond motifs is 1. The molecule has 3 aromatic heterocycles. The first-order valence-electron chi connectivity index (χ1n) is 9.11. The van der Waals surface area contributed by atoms with E-state index in [1.165, 1.54) is 5.56 Å². The largest absolute Gasteiger partial charge is 0.334 e. The molecule has 0 aliphatic carbocycles. The Kier molecular flexibility index (Phi) is 4.50. The maximum absolute atomic E-state index is 8.93. The quantitative estimate of drug-likeness (QED) is 0.539. The molecule has 6 nitrogen and oxygen atoms in total. The van der Waals surface area contributed by atoms with Crippen LogP contribution in [0.4, 0.5) is 11.5 Å². The average Bonchev–Trinajstić information content (AvgIpc) is 3.13. The monoisotopic (exact) mass is 368 g/mol. The molecule has 1 aromatic carbocycles. The molecular weight excluding hydrogens is 348 g/mol. The van der Waals surface area contributed by atoms with E-state index in [9.17, 15) is 0 Å². The first-order chi connectivity index (χ1) is 13.6. The molecule has 0 N–H and O–H groups in total. The summed E-state index contributed by atoms with van der Waals surface area (Å²) in [7, 11) is 4.01. The van der Waals surface area contributed by atoms with Crippen molar-refractivity contribution in [3.05, 3.63) is 66.4 Å². The first kappa shape index (κ1) is 17.7. The van der Waals surface area contributed by atoms with Crippen LogP contribution >= 0.6 is 0 Å². The molecule has 0 atom stereocenters. The van der Waals surface area contributed by atoms with Crippen molar-refractivity contribution in [2.75, 3.05) is 11.9 Å². The highest BCUT2D eigenvalue weighted by Crippen LogP contribution is 2.31. The Morgan fingerprint density at radius 1 is 1.04 bits per heavy atom. The van der Waals surface area contributed by atoms with Crippen molar-refractivity contribution in [3.8, 4) is 17.2 Å². The van der Waals surface area contributed by atoms with Crippen LogP contribution in [0.2, 0.25) is 0 Å². The number of pyridine rings is 2. The minimum absolute atomic E-state index is 0.424. The van der Waals surface area contributed by atoms with Gasteiger partial charge in [0.1, 0.15) is 23.1 Å². The molecule has 4 aromatic rings. The smallest absolute Gasteiger partial charge is 0.140 e. The lowest BCUT2D eigenvalue weighted by atomic mass is 10.0. The molecule has 0 saturated heterocycles. The van der Waals surface area contributed by atoms with E-state index in [2.05, 4.69) is 57.1 Å². The van der Waals surface area contributed by atoms with Crippen molar-refractivity contribution in [2.24, 2.45) is 7.05 Å². The Hall–Kier alpha value is -3.72. The summed E-state index contributed by atoms with van der Waals surface area (Å²) in [6.07, 6.45) is 6.25. The normalized spacial score (nSPS) is 10.8. The van der Waals surface area contributed by atoms with Gasteiger partial charge in [-0.15, -0.1) is 0 Å². The van der Waals surface area contributed by atoms with E-state index in [0.717, 1.165) is 40.1 Å². The zero-order valence-electron chi connectivity index (χ0n) is 16.1.